The molecule has 0 aromatic carbocycles. The molecular weight excluding hydrogens is 212 g/mol. The van der Waals surface area contributed by atoms with Crippen LogP contribution in [0.1, 0.15) is 47.0 Å². The van der Waals surface area contributed by atoms with Crippen molar-refractivity contribution in [3.8, 4) is 0 Å². The Bertz CT molecular complexity index is 210. The van der Waals surface area contributed by atoms with Gasteiger partial charge in [0.05, 0.1) is 6.10 Å². The van der Waals surface area contributed by atoms with Gasteiger partial charge in [-0.1, -0.05) is 27.2 Å². The maximum absolute atomic E-state index is 10.2. The molecule has 1 N–H and O–H groups in total. The maximum atomic E-state index is 10.2. The molecule has 3 atom stereocenters. The highest BCUT2D eigenvalue weighted by Crippen LogP contribution is 2.18. The minimum atomic E-state index is -0.148. The van der Waals surface area contributed by atoms with E-state index >= 15 is 0 Å². The summed E-state index contributed by atoms with van der Waals surface area (Å²) in [6, 6.07) is 0.980. The third-order valence-corrected chi connectivity index (χ3v) is 4.12. The van der Waals surface area contributed by atoms with Crippen molar-refractivity contribution < 1.29 is 5.11 Å². The molecule has 1 fully saturated rings. The molecule has 1 aliphatic rings. The van der Waals surface area contributed by atoms with Crippen molar-refractivity contribution in [3.63, 3.8) is 0 Å². The van der Waals surface area contributed by atoms with Crippen molar-refractivity contribution in [3.05, 3.63) is 0 Å². The van der Waals surface area contributed by atoms with E-state index in [-0.39, 0.29) is 6.10 Å². The Balaban J connectivity index is 2.53. The Morgan fingerprint density at radius 3 is 2.41 bits per heavy atom. The molecular formula is C14H30N2O. The van der Waals surface area contributed by atoms with Crippen LogP contribution in [0.3, 0.4) is 0 Å². The molecule has 0 aliphatic carbocycles. The first-order chi connectivity index (χ1) is 8.13. The van der Waals surface area contributed by atoms with Crippen molar-refractivity contribution in [2.45, 2.75) is 65.1 Å². The second-order valence-electron chi connectivity index (χ2n) is 5.30. The van der Waals surface area contributed by atoms with Crippen LogP contribution in [-0.2, 0) is 0 Å². The Morgan fingerprint density at radius 1 is 1.24 bits per heavy atom. The van der Waals surface area contributed by atoms with E-state index in [0.29, 0.717) is 12.1 Å². The van der Waals surface area contributed by atoms with Crippen molar-refractivity contribution in [1.82, 2.24) is 9.80 Å². The van der Waals surface area contributed by atoms with Gasteiger partial charge in [-0.3, -0.25) is 9.80 Å². The van der Waals surface area contributed by atoms with Gasteiger partial charge in [-0.25, -0.2) is 0 Å². The molecule has 1 saturated heterocycles. The number of aliphatic hydroxyl groups is 1. The smallest absolute Gasteiger partial charge is 0.0695 e. The lowest BCUT2D eigenvalue weighted by atomic mass is 10.00. The highest BCUT2D eigenvalue weighted by molar-refractivity contribution is 4.85. The molecule has 17 heavy (non-hydrogen) atoms. The minimum absolute atomic E-state index is 0.148. The van der Waals surface area contributed by atoms with E-state index in [9.17, 15) is 5.11 Å². The third kappa shape index (κ3) is 3.94. The molecule has 3 heteroatoms. The minimum Gasteiger partial charge on any atom is -0.391 e. The summed E-state index contributed by atoms with van der Waals surface area (Å²) in [5.41, 5.74) is 0. The van der Waals surface area contributed by atoms with Crippen LogP contribution < -0.4 is 0 Å². The summed E-state index contributed by atoms with van der Waals surface area (Å²) in [5.74, 6) is 0. The average Bonchev–Trinajstić information content (AvgIpc) is 2.30. The molecule has 1 rings (SSSR count). The number of piperazine rings is 1. The molecule has 1 heterocycles. The molecule has 3 nitrogen and oxygen atoms in total. The number of hydrogen-bond donors (Lipinski definition) is 1. The van der Waals surface area contributed by atoms with Gasteiger partial charge in [0.25, 0.3) is 0 Å². The van der Waals surface area contributed by atoms with E-state index < -0.39 is 0 Å². The molecule has 3 unspecified atom stereocenters. The van der Waals surface area contributed by atoms with E-state index in [1.807, 2.05) is 0 Å². The highest BCUT2D eigenvalue weighted by atomic mass is 16.3. The number of nitrogens with zero attached hydrogens (tertiary/aromatic N) is 2. The summed E-state index contributed by atoms with van der Waals surface area (Å²) in [5, 5.41) is 10.2. The summed E-state index contributed by atoms with van der Waals surface area (Å²) in [4.78, 5) is 5.02. The van der Waals surface area contributed by atoms with Crippen LogP contribution in [0.2, 0.25) is 0 Å². The van der Waals surface area contributed by atoms with Crippen LogP contribution in [0.25, 0.3) is 0 Å². The number of aliphatic hydroxyl groups excluding tert-OH is 1. The van der Waals surface area contributed by atoms with Crippen molar-refractivity contribution >= 4 is 0 Å². The fraction of sp³-hybridized carbons (Fsp3) is 1.00. The number of rotatable bonds is 6. The van der Waals surface area contributed by atoms with Gasteiger partial charge in [0.1, 0.15) is 0 Å². The van der Waals surface area contributed by atoms with Gasteiger partial charge >= 0.3 is 0 Å². The topological polar surface area (TPSA) is 26.7 Å². The fourth-order valence-electron chi connectivity index (χ4n) is 3.06. The molecule has 0 saturated carbocycles. The first kappa shape index (κ1) is 14.9. The largest absolute Gasteiger partial charge is 0.391 e. The first-order valence-corrected chi connectivity index (χ1v) is 7.30. The predicted molar refractivity (Wildman–Crippen MR) is 73.3 cm³/mol. The van der Waals surface area contributed by atoms with Gasteiger partial charge in [-0.05, 0) is 26.3 Å². The Kier molecular flexibility index (Phi) is 6.45. The lowest BCUT2D eigenvalue weighted by molar-refractivity contribution is -0.00352. The fourth-order valence-corrected chi connectivity index (χ4v) is 3.06. The maximum Gasteiger partial charge on any atom is 0.0695 e. The third-order valence-electron chi connectivity index (χ3n) is 4.12. The van der Waals surface area contributed by atoms with Crippen LogP contribution in [-0.4, -0.2) is 59.3 Å². The zero-order valence-electron chi connectivity index (χ0n) is 12.0. The standard InChI is InChI=1S/C14H30N2O/c1-5-8-14(17)13(6-2)16-10-9-15(7-3)12(4)11-16/h12-14,17H,5-11H2,1-4H3. The van der Waals surface area contributed by atoms with Crippen molar-refractivity contribution in [2.75, 3.05) is 26.2 Å². The van der Waals surface area contributed by atoms with Gasteiger partial charge in [-0.15, -0.1) is 0 Å². The zero-order chi connectivity index (χ0) is 12.8. The van der Waals surface area contributed by atoms with E-state index in [1.54, 1.807) is 0 Å². The van der Waals surface area contributed by atoms with E-state index in [2.05, 4.69) is 37.5 Å². The van der Waals surface area contributed by atoms with Crippen LogP contribution >= 0.6 is 0 Å². The lowest BCUT2D eigenvalue weighted by Crippen LogP contribution is -2.56. The summed E-state index contributed by atoms with van der Waals surface area (Å²) in [6.07, 6.45) is 2.91. The van der Waals surface area contributed by atoms with Gasteiger partial charge in [0.2, 0.25) is 0 Å². The Morgan fingerprint density at radius 2 is 1.94 bits per heavy atom. The molecule has 0 aromatic rings. The Labute approximate surface area is 107 Å². The quantitative estimate of drug-likeness (QED) is 0.771. The van der Waals surface area contributed by atoms with Gasteiger partial charge in [0, 0.05) is 31.7 Å². The summed E-state index contributed by atoms with van der Waals surface area (Å²) >= 11 is 0. The molecule has 102 valence electrons. The molecule has 0 spiro atoms. The second-order valence-corrected chi connectivity index (χ2v) is 5.30. The SMILES string of the molecule is CCCC(O)C(CC)N1CCN(CC)C(C)C1. The van der Waals surface area contributed by atoms with E-state index in [0.717, 1.165) is 45.4 Å². The summed E-state index contributed by atoms with van der Waals surface area (Å²) < 4.78 is 0. The van der Waals surface area contributed by atoms with Crippen molar-refractivity contribution in [2.24, 2.45) is 0 Å². The van der Waals surface area contributed by atoms with Gasteiger partial charge in [-0.2, -0.15) is 0 Å². The summed E-state index contributed by atoms with van der Waals surface area (Å²) in [7, 11) is 0. The van der Waals surface area contributed by atoms with Gasteiger partial charge in [0.15, 0.2) is 0 Å². The van der Waals surface area contributed by atoms with Crippen LogP contribution in [0.15, 0.2) is 0 Å². The second kappa shape index (κ2) is 7.34. The molecule has 0 bridgehead atoms. The van der Waals surface area contributed by atoms with Crippen LogP contribution in [0.4, 0.5) is 0 Å². The number of likely N-dealkylation sites (N-methyl/N-ethyl adjacent to an activating group) is 1. The lowest BCUT2D eigenvalue weighted by Gasteiger charge is -2.44. The Hall–Kier alpha value is -0.120. The summed E-state index contributed by atoms with van der Waals surface area (Å²) in [6.45, 7) is 13.4. The van der Waals surface area contributed by atoms with Gasteiger partial charge < -0.3 is 5.11 Å². The normalized spacial score (nSPS) is 27.0. The molecule has 0 amide bonds. The van der Waals surface area contributed by atoms with E-state index in [1.165, 1.54) is 0 Å². The number of hydrogen-bond acceptors (Lipinski definition) is 3. The monoisotopic (exact) mass is 242 g/mol. The van der Waals surface area contributed by atoms with E-state index in [4.69, 9.17) is 0 Å². The van der Waals surface area contributed by atoms with Crippen molar-refractivity contribution in [1.29, 1.82) is 0 Å². The predicted octanol–water partition coefficient (Wildman–Crippen LogP) is 1.95. The van der Waals surface area contributed by atoms with Crippen LogP contribution in [0.5, 0.6) is 0 Å². The molecule has 0 aromatic heterocycles. The molecule has 0 radical (unpaired) electrons. The highest BCUT2D eigenvalue weighted by Gasteiger charge is 2.29. The molecule has 1 aliphatic heterocycles. The average molecular weight is 242 g/mol. The van der Waals surface area contributed by atoms with Crippen LogP contribution in [0, 0.1) is 0 Å². The first-order valence-electron chi connectivity index (χ1n) is 7.30. The zero-order valence-corrected chi connectivity index (χ0v) is 12.0.